The minimum absolute atomic E-state index is 0.0770. The van der Waals surface area contributed by atoms with Crippen LogP contribution in [0.25, 0.3) is 0 Å². The molecule has 1 N–H and O–H groups in total. The Morgan fingerprint density at radius 1 is 1.10 bits per heavy atom. The topological polar surface area (TPSA) is 49.4 Å². The number of halogens is 1. The fourth-order valence-corrected chi connectivity index (χ4v) is 5.14. The standard InChI is InChI=1S/C25H29FN2O2/c1-17(2)16-27-23(29)22-18-10-4-5-11-19(18)24(30)28(21-13-7-6-12-20(21)26)25(22)14-8-3-9-15-25/h4-7,10-13,17,22H,3,8-9,14-16H2,1-2H3,(H,27,29)/t22-/m1/s1. The van der Waals surface area contributed by atoms with Gasteiger partial charge in [0, 0.05) is 12.1 Å². The Morgan fingerprint density at radius 3 is 2.47 bits per heavy atom. The summed E-state index contributed by atoms with van der Waals surface area (Å²) in [5.74, 6) is -0.932. The number of carbonyl (C=O) groups excluding carboxylic acids is 2. The maximum atomic E-state index is 14.9. The van der Waals surface area contributed by atoms with Gasteiger partial charge < -0.3 is 5.32 Å². The van der Waals surface area contributed by atoms with Crippen LogP contribution in [0, 0.1) is 11.7 Å². The monoisotopic (exact) mass is 408 g/mol. The zero-order valence-corrected chi connectivity index (χ0v) is 17.7. The Bertz CT molecular complexity index is 950. The third-order valence-electron chi connectivity index (χ3n) is 6.45. The molecule has 2 aromatic carbocycles. The highest BCUT2D eigenvalue weighted by Crippen LogP contribution is 2.51. The van der Waals surface area contributed by atoms with Crippen LogP contribution in [-0.2, 0) is 4.79 Å². The van der Waals surface area contributed by atoms with Crippen molar-refractivity contribution in [3.8, 4) is 0 Å². The van der Waals surface area contributed by atoms with Crippen molar-refractivity contribution in [3.63, 3.8) is 0 Å². The molecule has 2 aromatic rings. The molecule has 1 aliphatic heterocycles. The van der Waals surface area contributed by atoms with Gasteiger partial charge in [0.25, 0.3) is 5.91 Å². The summed E-state index contributed by atoms with van der Waals surface area (Å²) in [5, 5.41) is 3.10. The van der Waals surface area contributed by atoms with E-state index in [9.17, 15) is 14.0 Å². The van der Waals surface area contributed by atoms with Gasteiger partial charge in [-0.3, -0.25) is 14.5 Å². The van der Waals surface area contributed by atoms with E-state index >= 15 is 0 Å². The van der Waals surface area contributed by atoms with E-state index in [4.69, 9.17) is 0 Å². The predicted octanol–water partition coefficient (Wildman–Crippen LogP) is 5.04. The normalized spacial score (nSPS) is 20.3. The van der Waals surface area contributed by atoms with Crippen LogP contribution in [0.3, 0.4) is 0 Å². The van der Waals surface area contributed by atoms with Crippen LogP contribution in [0.2, 0.25) is 0 Å². The Balaban J connectivity index is 1.92. The van der Waals surface area contributed by atoms with Crippen molar-refractivity contribution in [3.05, 3.63) is 65.5 Å². The minimum Gasteiger partial charge on any atom is -0.355 e. The van der Waals surface area contributed by atoms with Gasteiger partial charge in [-0.25, -0.2) is 4.39 Å². The van der Waals surface area contributed by atoms with E-state index in [1.54, 1.807) is 35.2 Å². The first-order valence-electron chi connectivity index (χ1n) is 10.9. The van der Waals surface area contributed by atoms with Crippen LogP contribution in [0.1, 0.15) is 67.8 Å². The summed E-state index contributed by atoms with van der Waals surface area (Å²) in [6, 6.07) is 13.7. The van der Waals surface area contributed by atoms with Gasteiger partial charge in [-0.05, 0) is 42.5 Å². The average molecular weight is 409 g/mol. The first-order chi connectivity index (χ1) is 14.5. The van der Waals surface area contributed by atoms with E-state index in [2.05, 4.69) is 19.2 Å². The van der Waals surface area contributed by atoms with Gasteiger partial charge >= 0.3 is 0 Å². The van der Waals surface area contributed by atoms with E-state index in [0.717, 1.165) is 24.8 Å². The van der Waals surface area contributed by atoms with Crippen molar-refractivity contribution in [2.24, 2.45) is 5.92 Å². The van der Waals surface area contributed by atoms with Gasteiger partial charge in [-0.1, -0.05) is 63.4 Å². The van der Waals surface area contributed by atoms with Crippen molar-refractivity contribution in [2.75, 3.05) is 11.4 Å². The summed E-state index contributed by atoms with van der Waals surface area (Å²) >= 11 is 0. The van der Waals surface area contributed by atoms with Crippen molar-refractivity contribution < 1.29 is 14.0 Å². The number of hydrogen-bond acceptors (Lipinski definition) is 2. The minimum atomic E-state index is -0.757. The van der Waals surface area contributed by atoms with Crippen molar-refractivity contribution >= 4 is 17.5 Å². The summed E-state index contributed by atoms with van der Waals surface area (Å²) in [6.45, 7) is 4.68. The molecule has 2 aliphatic rings. The number of fused-ring (bicyclic) bond motifs is 1. The number of nitrogens with one attached hydrogen (secondary N) is 1. The predicted molar refractivity (Wildman–Crippen MR) is 116 cm³/mol. The number of anilines is 1. The van der Waals surface area contributed by atoms with Crippen molar-refractivity contribution in [2.45, 2.75) is 57.4 Å². The molecule has 30 heavy (non-hydrogen) atoms. The molecule has 158 valence electrons. The van der Waals surface area contributed by atoms with Crippen LogP contribution in [0.5, 0.6) is 0 Å². The zero-order chi connectivity index (χ0) is 21.3. The maximum absolute atomic E-state index is 14.9. The largest absolute Gasteiger partial charge is 0.355 e. The number of nitrogens with zero attached hydrogens (tertiary/aromatic N) is 1. The third kappa shape index (κ3) is 3.40. The lowest BCUT2D eigenvalue weighted by Gasteiger charge is -2.53. The summed E-state index contributed by atoms with van der Waals surface area (Å²) in [5.41, 5.74) is 0.757. The molecule has 0 radical (unpaired) electrons. The number of carbonyl (C=O) groups is 2. The molecule has 1 spiro atoms. The van der Waals surface area contributed by atoms with E-state index in [1.165, 1.54) is 6.07 Å². The molecule has 1 fully saturated rings. The first-order valence-corrected chi connectivity index (χ1v) is 10.9. The fourth-order valence-electron chi connectivity index (χ4n) is 5.14. The molecule has 1 heterocycles. The van der Waals surface area contributed by atoms with Gasteiger partial charge in [0.05, 0.1) is 17.1 Å². The SMILES string of the molecule is CC(C)CNC(=O)[C@H]1c2ccccc2C(=O)N(c2ccccc2F)C12CCCCC2. The second kappa shape index (κ2) is 8.21. The molecule has 0 saturated heterocycles. The Kier molecular flexibility index (Phi) is 5.63. The lowest BCUT2D eigenvalue weighted by atomic mass is 9.65. The van der Waals surface area contributed by atoms with Crippen LogP contribution in [0.4, 0.5) is 10.1 Å². The molecular formula is C25H29FN2O2. The van der Waals surface area contributed by atoms with Crippen LogP contribution in [0.15, 0.2) is 48.5 Å². The van der Waals surface area contributed by atoms with Gasteiger partial charge in [0.2, 0.25) is 5.91 Å². The molecule has 4 rings (SSSR count). The summed E-state index contributed by atoms with van der Waals surface area (Å²) in [6.07, 6.45) is 4.24. The summed E-state index contributed by atoms with van der Waals surface area (Å²) in [4.78, 5) is 28.9. The van der Waals surface area contributed by atoms with Gasteiger partial charge in [0.1, 0.15) is 5.82 Å². The number of benzene rings is 2. The Labute approximate surface area is 177 Å². The highest BCUT2D eigenvalue weighted by Gasteiger charge is 2.55. The first kappa shape index (κ1) is 20.6. The van der Waals surface area contributed by atoms with Crippen LogP contribution >= 0.6 is 0 Å². The Hall–Kier alpha value is -2.69. The van der Waals surface area contributed by atoms with E-state index in [-0.39, 0.29) is 17.5 Å². The second-order valence-corrected chi connectivity index (χ2v) is 8.92. The smallest absolute Gasteiger partial charge is 0.259 e. The summed E-state index contributed by atoms with van der Waals surface area (Å²) < 4.78 is 14.9. The van der Waals surface area contributed by atoms with Crippen molar-refractivity contribution in [1.29, 1.82) is 0 Å². The molecule has 1 saturated carbocycles. The maximum Gasteiger partial charge on any atom is 0.259 e. The van der Waals surface area contributed by atoms with Crippen LogP contribution < -0.4 is 10.2 Å². The molecule has 0 bridgehead atoms. The number of amides is 2. The van der Waals surface area contributed by atoms with Crippen molar-refractivity contribution in [1.82, 2.24) is 5.32 Å². The van der Waals surface area contributed by atoms with E-state index < -0.39 is 17.3 Å². The van der Waals surface area contributed by atoms with Gasteiger partial charge in [-0.15, -0.1) is 0 Å². The molecular weight excluding hydrogens is 379 g/mol. The zero-order valence-electron chi connectivity index (χ0n) is 17.7. The molecule has 0 aromatic heterocycles. The van der Waals surface area contributed by atoms with Gasteiger partial charge in [0.15, 0.2) is 0 Å². The molecule has 5 heteroatoms. The number of hydrogen-bond donors (Lipinski definition) is 1. The summed E-state index contributed by atoms with van der Waals surface area (Å²) in [7, 11) is 0. The molecule has 1 atom stereocenters. The van der Waals surface area contributed by atoms with E-state index in [1.807, 2.05) is 12.1 Å². The lowest BCUT2D eigenvalue weighted by Crippen LogP contribution is -2.63. The Morgan fingerprint density at radius 2 is 1.77 bits per heavy atom. The second-order valence-electron chi connectivity index (χ2n) is 8.92. The average Bonchev–Trinajstić information content (AvgIpc) is 2.74. The highest BCUT2D eigenvalue weighted by atomic mass is 19.1. The third-order valence-corrected chi connectivity index (χ3v) is 6.45. The molecule has 4 nitrogen and oxygen atoms in total. The molecule has 0 unspecified atom stereocenters. The van der Waals surface area contributed by atoms with Crippen LogP contribution in [-0.4, -0.2) is 23.9 Å². The lowest BCUT2D eigenvalue weighted by molar-refractivity contribution is -0.124. The number of para-hydroxylation sites is 1. The quantitative estimate of drug-likeness (QED) is 0.770. The fraction of sp³-hybridized carbons (Fsp3) is 0.440. The van der Waals surface area contributed by atoms with E-state index in [0.29, 0.717) is 30.9 Å². The highest BCUT2D eigenvalue weighted by molar-refractivity contribution is 6.12. The molecule has 2 amide bonds. The number of rotatable bonds is 4. The molecule has 1 aliphatic carbocycles. The van der Waals surface area contributed by atoms with Gasteiger partial charge in [-0.2, -0.15) is 0 Å².